The average molecular weight is 339 g/mol. The Morgan fingerprint density at radius 1 is 1.43 bits per heavy atom. The first-order valence-electron chi connectivity index (χ1n) is 7.29. The highest BCUT2D eigenvalue weighted by molar-refractivity contribution is 7.14. The van der Waals surface area contributed by atoms with Crippen LogP contribution in [-0.4, -0.2) is 34.4 Å². The maximum absolute atomic E-state index is 12.4. The number of nitrogens with zero attached hydrogens (tertiary/aromatic N) is 3. The molecule has 2 aromatic rings. The molecule has 8 nitrogen and oxygen atoms in total. The SMILES string of the molecule is CCCn1c(N)c(-c2csc(NCCOC)n2)c(=O)n(C)c1=O. The highest BCUT2D eigenvalue weighted by atomic mass is 32.1. The minimum absolute atomic E-state index is 0.161. The molecule has 9 heteroatoms. The maximum atomic E-state index is 12.4. The lowest BCUT2D eigenvalue weighted by Gasteiger charge is -2.13. The molecule has 2 aromatic heterocycles. The topological polar surface area (TPSA) is 104 Å². The quantitative estimate of drug-likeness (QED) is 0.720. The molecular formula is C14H21N5O3S. The molecule has 2 rings (SSSR count). The van der Waals surface area contributed by atoms with Crippen LogP contribution >= 0.6 is 11.3 Å². The monoisotopic (exact) mass is 339 g/mol. The smallest absolute Gasteiger partial charge is 0.332 e. The Hall–Kier alpha value is -2.13. The molecule has 0 bridgehead atoms. The molecule has 0 amide bonds. The first kappa shape index (κ1) is 17.2. The molecule has 0 fully saturated rings. The van der Waals surface area contributed by atoms with Gasteiger partial charge in [-0.3, -0.25) is 13.9 Å². The summed E-state index contributed by atoms with van der Waals surface area (Å²) in [7, 11) is 3.07. The van der Waals surface area contributed by atoms with E-state index in [1.54, 1.807) is 12.5 Å². The van der Waals surface area contributed by atoms with Gasteiger partial charge in [-0.1, -0.05) is 6.92 Å². The largest absolute Gasteiger partial charge is 0.384 e. The van der Waals surface area contributed by atoms with Crippen LogP contribution in [0.2, 0.25) is 0 Å². The van der Waals surface area contributed by atoms with Crippen molar-refractivity contribution in [2.45, 2.75) is 19.9 Å². The van der Waals surface area contributed by atoms with Crippen molar-refractivity contribution in [2.75, 3.05) is 31.3 Å². The van der Waals surface area contributed by atoms with Crippen LogP contribution in [0.4, 0.5) is 10.9 Å². The number of methoxy groups -OCH3 is 1. The van der Waals surface area contributed by atoms with Crippen molar-refractivity contribution >= 4 is 22.3 Å². The Morgan fingerprint density at radius 3 is 2.83 bits per heavy atom. The minimum Gasteiger partial charge on any atom is -0.384 e. The molecular weight excluding hydrogens is 318 g/mol. The summed E-state index contributed by atoms with van der Waals surface area (Å²) >= 11 is 1.37. The van der Waals surface area contributed by atoms with E-state index in [2.05, 4.69) is 10.3 Å². The lowest BCUT2D eigenvalue weighted by atomic mass is 10.2. The highest BCUT2D eigenvalue weighted by Gasteiger charge is 2.18. The number of thiazole rings is 1. The molecule has 0 aliphatic carbocycles. The van der Waals surface area contributed by atoms with Gasteiger partial charge in [0.1, 0.15) is 11.4 Å². The second-order valence-electron chi connectivity index (χ2n) is 5.02. The van der Waals surface area contributed by atoms with Gasteiger partial charge in [0.05, 0.1) is 12.3 Å². The molecule has 0 aliphatic rings. The van der Waals surface area contributed by atoms with E-state index < -0.39 is 11.2 Å². The van der Waals surface area contributed by atoms with Gasteiger partial charge in [-0.2, -0.15) is 0 Å². The predicted octanol–water partition coefficient (Wildman–Crippen LogP) is 0.721. The summed E-state index contributed by atoms with van der Waals surface area (Å²) in [6.07, 6.45) is 0.739. The Bertz CT molecular complexity index is 793. The van der Waals surface area contributed by atoms with Crippen molar-refractivity contribution in [1.82, 2.24) is 14.1 Å². The third-order valence-corrected chi connectivity index (χ3v) is 4.17. The van der Waals surface area contributed by atoms with E-state index in [1.165, 1.54) is 23.0 Å². The second-order valence-corrected chi connectivity index (χ2v) is 5.87. The van der Waals surface area contributed by atoms with Crippen molar-refractivity contribution in [2.24, 2.45) is 7.05 Å². The number of nitrogens with one attached hydrogen (secondary N) is 1. The Balaban J connectivity index is 2.47. The van der Waals surface area contributed by atoms with E-state index in [4.69, 9.17) is 10.5 Å². The first-order chi connectivity index (χ1) is 11.0. The molecule has 2 heterocycles. The van der Waals surface area contributed by atoms with Gasteiger partial charge in [0, 0.05) is 32.6 Å². The fraction of sp³-hybridized carbons (Fsp3) is 0.500. The molecule has 3 N–H and O–H groups in total. The summed E-state index contributed by atoms with van der Waals surface area (Å²) in [6.45, 7) is 3.57. The molecule has 0 atom stereocenters. The van der Waals surface area contributed by atoms with Gasteiger partial charge in [-0.05, 0) is 6.42 Å². The number of anilines is 2. The van der Waals surface area contributed by atoms with Crippen LogP contribution in [0.15, 0.2) is 15.0 Å². The predicted molar refractivity (Wildman–Crippen MR) is 92.1 cm³/mol. The fourth-order valence-corrected chi connectivity index (χ4v) is 2.92. The van der Waals surface area contributed by atoms with E-state index >= 15 is 0 Å². The maximum Gasteiger partial charge on any atom is 0.332 e. The van der Waals surface area contributed by atoms with Crippen molar-refractivity contribution < 1.29 is 4.74 Å². The first-order valence-corrected chi connectivity index (χ1v) is 8.17. The van der Waals surface area contributed by atoms with Crippen molar-refractivity contribution in [1.29, 1.82) is 0 Å². The molecule has 0 saturated carbocycles. The number of hydrogen-bond acceptors (Lipinski definition) is 7. The van der Waals surface area contributed by atoms with Gasteiger partial charge in [-0.15, -0.1) is 11.3 Å². The number of hydrogen-bond donors (Lipinski definition) is 2. The third-order valence-electron chi connectivity index (χ3n) is 3.37. The zero-order valence-electron chi connectivity index (χ0n) is 13.5. The van der Waals surface area contributed by atoms with E-state index in [-0.39, 0.29) is 11.4 Å². The molecule has 0 unspecified atom stereocenters. The van der Waals surface area contributed by atoms with Gasteiger partial charge in [0.15, 0.2) is 5.13 Å². The number of nitrogens with two attached hydrogens (primary N) is 1. The van der Waals surface area contributed by atoms with E-state index in [1.807, 2.05) is 6.92 Å². The van der Waals surface area contributed by atoms with Crippen LogP contribution < -0.4 is 22.3 Å². The van der Waals surface area contributed by atoms with E-state index in [9.17, 15) is 9.59 Å². The van der Waals surface area contributed by atoms with Crippen LogP contribution in [0.25, 0.3) is 11.3 Å². The molecule has 0 aliphatic heterocycles. The van der Waals surface area contributed by atoms with Crippen LogP contribution in [0, 0.1) is 0 Å². The molecule has 126 valence electrons. The van der Waals surface area contributed by atoms with Crippen LogP contribution in [0.1, 0.15) is 13.3 Å². The number of rotatable bonds is 7. The molecule has 0 spiro atoms. The number of ether oxygens (including phenoxy) is 1. The van der Waals surface area contributed by atoms with E-state index in [0.29, 0.717) is 30.5 Å². The normalized spacial score (nSPS) is 10.9. The Labute approximate surface area is 137 Å². The van der Waals surface area contributed by atoms with Crippen LogP contribution in [0.3, 0.4) is 0 Å². The van der Waals surface area contributed by atoms with Gasteiger partial charge < -0.3 is 15.8 Å². The van der Waals surface area contributed by atoms with Gasteiger partial charge in [-0.25, -0.2) is 9.78 Å². The van der Waals surface area contributed by atoms with Crippen LogP contribution in [0.5, 0.6) is 0 Å². The summed E-state index contributed by atoms with van der Waals surface area (Å²) < 4.78 is 7.45. The second kappa shape index (κ2) is 7.42. The lowest BCUT2D eigenvalue weighted by molar-refractivity contribution is 0.211. The molecule has 23 heavy (non-hydrogen) atoms. The molecule has 0 radical (unpaired) electrons. The van der Waals surface area contributed by atoms with Gasteiger partial charge >= 0.3 is 5.69 Å². The van der Waals surface area contributed by atoms with Crippen molar-refractivity contribution in [3.63, 3.8) is 0 Å². The van der Waals surface area contributed by atoms with Crippen molar-refractivity contribution in [3.8, 4) is 11.3 Å². The molecule has 0 saturated heterocycles. The summed E-state index contributed by atoms with van der Waals surface area (Å²) in [5, 5.41) is 5.53. The van der Waals surface area contributed by atoms with Crippen molar-refractivity contribution in [3.05, 3.63) is 26.2 Å². The third kappa shape index (κ3) is 3.45. The fourth-order valence-electron chi connectivity index (χ4n) is 2.19. The minimum atomic E-state index is -0.436. The van der Waals surface area contributed by atoms with Gasteiger partial charge in [0.25, 0.3) is 5.56 Å². The highest BCUT2D eigenvalue weighted by Crippen LogP contribution is 2.25. The lowest BCUT2D eigenvalue weighted by Crippen LogP contribution is -2.40. The summed E-state index contributed by atoms with van der Waals surface area (Å²) in [5.74, 6) is 0.161. The Morgan fingerprint density at radius 2 is 2.17 bits per heavy atom. The summed E-state index contributed by atoms with van der Waals surface area (Å²) in [4.78, 5) is 29.0. The average Bonchev–Trinajstić information content (AvgIpc) is 2.98. The van der Waals surface area contributed by atoms with Gasteiger partial charge in [0.2, 0.25) is 0 Å². The van der Waals surface area contributed by atoms with Crippen LogP contribution in [-0.2, 0) is 18.3 Å². The zero-order valence-corrected chi connectivity index (χ0v) is 14.3. The number of aromatic nitrogens is 3. The number of nitrogen functional groups attached to an aromatic ring is 1. The zero-order chi connectivity index (χ0) is 17.0. The summed E-state index contributed by atoms with van der Waals surface area (Å²) in [6, 6.07) is 0. The standard InChI is InChI=1S/C14H21N5O3S/c1-4-6-19-11(15)10(12(20)18(2)14(19)21)9-8-23-13(17-9)16-5-7-22-3/h8H,4-7,15H2,1-3H3,(H,16,17). The van der Waals surface area contributed by atoms with E-state index in [0.717, 1.165) is 11.0 Å². The summed E-state index contributed by atoms with van der Waals surface area (Å²) in [5.41, 5.74) is 5.96. The molecule has 0 aromatic carbocycles. The Kier molecular flexibility index (Phi) is 5.56.